The smallest absolute Gasteiger partial charge is 0.408 e. The number of nitrogens with one attached hydrogen (secondary N) is 4. The van der Waals surface area contributed by atoms with Crippen LogP contribution in [0.25, 0.3) is 11.0 Å². The Balaban J connectivity index is 1.27. The average molecular weight is 712 g/mol. The second kappa shape index (κ2) is 13.7. The summed E-state index contributed by atoms with van der Waals surface area (Å²) in [4.78, 5) is 69.5. The van der Waals surface area contributed by atoms with Crippen LogP contribution in [0.2, 0.25) is 0 Å². The fraction of sp³-hybridized carbons (Fsp3) is 0.571. The molecule has 3 heterocycles. The third-order valence-electron chi connectivity index (χ3n) is 9.56. The lowest BCUT2D eigenvalue weighted by Gasteiger charge is -2.30. The number of benzene rings is 1. The number of furan rings is 1. The molecule has 2 saturated carbocycles. The van der Waals surface area contributed by atoms with Crippen molar-refractivity contribution < 1.29 is 41.5 Å². The van der Waals surface area contributed by atoms with Gasteiger partial charge in [0.2, 0.25) is 21.8 Å². The van der Waals surface area contributed by atoms with Gasteiger partial charge in [0.05, 0.1) is 5.25 Å². The first kappa shape index (κ1) is 35.4. The normalized spacial score (nSPS) is 27.6. The number of para-hydroxylation sites is 1. The van der Waals surface area contributed by atoms with Gasteiger partial charge in [-0.1, -0.05) is 43.2 Å². The van der Waals surface area contributed by atoms with E-state index >= 15 is 0 Å². The highest BCUT2D eigenvalue weighted by atomic mass is 32.2. The van der Waals surface area contributed by atoms with Crippen LogP contribution in [0.3, 0.4) is 0 Å². The molecule has 270 valence electrons. The molecule has 0 radical (unpaired) electrons. The van der Waals surface area contributed by atoms with Crippen molar-refractivity contribution in [1.29, 1.82) is 0 Å². The fourth-order valence-corrected chi connectivity index (χ4v) is 8.07. The lowest BCUT2D eigenvalue weighted by atomic mass is 10.0. The molecule has 14 nitrogen and oxygen atoms in total. The fourth-order valence-electron chi connectivity index (χ4n) is 6.71. The van der Waals surface area contributed by atoms with E-state index in [-0.39, 0.29) is 31.6 Å². The van der Waals surface area contributed by atoms with E-state index in [1.807, 2.05) is 24.3 Å². The molecule has 15 heteroatoms. The van der Waals surface area contributed by atoms with E-state index < -0.39 is 80.2 Å². The summed E-state index contributed by atoms with van der Waals surface area (Å²) < 4.78 is 38.8. The van der Waals surface area contributed by atoms with E-state index in [1.54, 1.807) is 39.0 Å². The second-order valence-corrected chi connectivity index (χ2v) is 16.7. The zero-order chi connectivity index (χ0) is 35.8. The molecule has 4 aliphatic rings. The van der Waals surface area contributed by atoms with Crippen LogP contribution in [0.1, 0.15) is 89.1 Å². The van der Waals surface area contributed by atoms with E-state index in [1.165, 1.54) is 4.90 Å². The molecule has 1 aromatic heterocycles. The number of allylic oxidation sites excluding steroid dienone is 1. The molecule has 2 aliphatic carbocycles. The van der Waals surface area contributed by atoms with Crippen molar-refractivity contribution in [3.8, 4) is 0 Å². The maximum absolute atomic E-state index is 14.3. The summed E-state index contributed by atoms with van der Waals surface area (Å²) in [6.07, 6.45) is 7.20. The largest absolute Gasteiger partial charge is 0.451 e. The third-order valence-corrected chi connectivity index (χ3v) is 11.4. The molecule has 1 saturated heterocycles. The Bertz CT molecular complexity index is 1780. The monoisotopic (exact) mass is 711 g/mol. The summed E-state index contributed by atoms with van der Waals surface area (Å²) in [5.74, 6) is -2.92. The van der Waals surface area contributed by atoms with Crippen LogP contribution < -0.4 is 20.7 Å². The Labute approximate surface area is 291 Å². The van der Waals surface area contributed by atoms with E-state index in [2.05, 4.69) is 20.7 Å². The Morgan fingerprint density at radius 1 is 1.04 bits per heavy atom. The quantitative estimate of drug-likeness (QED) is 0.326. The molecule has 4 N–H and O–H groups in total. The minimum Gasteiger partial charge on any atom is -0.451 e. The minimum absolute atomic E-state index is 0.00127. The number of fused-ring (bicyclic) bond motifs is 3. The molecule has 1 aromatic carbocycles. The number of carbonyl (C=O) groups is 5. The van der Waals surface area contributed by atoms with E-state index in [9.17, 15) is 32.4 Å². The van der Waals surface area contributed by atoms with Gasteiger partial charge in [-0.15, -0.1) is 0 Å². The van der Waals surface area contributed by atoms with Crippen molar-refractivity contribution in [3.63, 3.8) is 0 Å². The maximum Gasteiger partial charge on any atom is 0.408 e. The standard InChI is InChI=1S/C35H45N5O9S/c1-34(2,3)49-33(45)37-25-13-8-6-4-5-7-12-22-19-35(22,32(44)39-50(46,47)24-15-16-24)38-29(41)26-18-23(20-40(26)31(25)43)36-30(42)28-17-21-11-9-10-14-27(21)48-28/h7,9-12,14,17,22-26H,4-6,8,13,15-16,18-20H2,1-3H3,(H,36,42)(H,37,45)(H,38,41)(H,39,44)/t22-,23-,25+,26+,35-/m1/s1. The van der Waals surface area contributed by atoms with Crippen molar-refractivity contribution in [2.45, 2.75) is 113 Å². The molecular weight excluding hydrogens is 666 g/mol. The molecule has 5 atom stereocenters. The molecule has 5 amide bonds. The van der Waals surface area contributed by atoms with Crippen molar-refractivity contribution in [1.82, 2.24) is 25.6 Å². The number of nitrogens with zero attached hydrogens (tertiary/aromatic N) is 1. The van der Waals surface area contributed by atoms with Crippen LogP contribution in [-0.4, -0.2) is 84.1 Å². The van der Waals surface area contributed by atoms with E-state index in [4.69, 9.17) is 9.15 Å². The maximum atomic E-state index is 14.3. The van der Waals surface area contributed by atoms with Gasteiger partial charge in [0.25, 0.3) is 11.8 Å². The first-order valence-electron chi connectivity index (χ1n) is 17.3. The number of amides is 5. The number of hydrogen-bond donors (Lipinski definition) is 4. The highest BCUT2D eigenvalue weighted by Gasteiger charge is 2.62. The summed E-state index contributed by atoms with van der Waals surface area (Å²) >= 11 is 0. The average Bonchev–Trinajstić information content (AvgIpc) is 3.92. The zero-order valence-electron chi connectivity index (χ0n) is 28.5. The van der Waals surface area contributed by atoms with Crippen LogP contribution in [0.5, 0.6) is 0 Å². The van der Waals surface area contributed by atoms with E-state index in [0.29, 0.717) is 31.3 Å². The Hall–Kier alpha value is -4.40. The SMILES string of the molecule is CC(C)(C)OC(=O)N[C@H]1CCCCCC=C[C@@H]2C[C@@]2(C(=O)NS(=O)(=O)C2CC2)NC(=O)[C@@H]2C[C@@H](NC(=O)c3cc4ccccc4o3)CN2C1=O. The second-order valence-electron chi connectivity index (χ2n) is 14.8. The molecule has 0 bridgehead atoms. The van der Waals surface area contributed by atoms with Crippen LogP contribution in [0, 0.1) is 5.92 Å². The number of hydrogen-bond acceptors (Lipinski definition) is 9. The molecule has 50 heavy (non-hydrogen) atoms. The summed E-state index contributed by atoms with van der Waals surface area (Å²) in [6.45, 7) is 5.07. The van der Waals surface area contributed by atoms with Gasteiger partial charge in [0, 0.05) is 23.9 Å². The summed E-state index contributed by atoms with van der Waals surface area (Å²) in [6, 6.07) is 5.90. The van der Waals surface area contributed by atoms with Gasteiger partial charge >= 0.3 is 6.09 Å². The van der Waals surface area contributed by atoms with Gasteiger partial charge in [-0.3, -0.25) is 23.9 Å². The molecule has 0 spiro atoms. The Morgan fingerprint density at radius 3 is 2.52 bits per heavy atom. The number of ether oxygens (including phenoxy) is 1. The van der Waals surface area contributed by atoms with Gasteiger partial charge in [0.15, 0.2) is 5.76 Å². The number of rotatable bonds is 6. The first-order valence-corrected chi connectivity index (χ1v) is 18.8. The number of sulfonamides is 1. The van der Waals surface area contributed by atoms with Gasteiger partial charge < -0.3 is 30.0 Å². The molecule has 0 unspecified atom stereocenters. The third kappa shape index (κ3) is 7.98. The Morgan fingerprint density at radius 2 is 1.80 bits per heavy atom. The lowest BCUT2D eigenvalue weighted by Crippen LogP contribution is -2.58. The summed E-state index contributed by atoms with van der Waals surface area (Å²) in [5.41, 5.74) is -1.80. The highest BCUT2D eigenvalue weighted by molar-refractivity contribution is 7.91. The van der Waals surface area contributed by atoms with Gasteiger partial charge in [-0.25, -0.2) is 13.2 Å². The van der Waals surface area contributed by atoms with Crippen molar-refractivity contribution in [2.24, 2.45) is 5.92 Å². The Kier molecular flexibility index (Phi) is 9.72. The predicted molar refractivity (Wildman–Crippen MR) is 182 cm³/mol. The van der Waals surface area contributed by atoms with Crippen LogP contribution in [0.15, 0.2) is 46.9 Å². The number of alkyl carbamates (subject to hydrolysis) is 1. The van der Waals surface area contributed by atoms with Crippen LogP contribution >= 0.6 is 0 Å². The lowest BCUT2D eigenvalue weighted by molar-refractivity contribution is -0.141. The van der Waals surface area contributed by atoms with Gasteiger partial charge in [-0.2, -0.15) is 0 Å². The first-order chi connectivity index (χ1) is 23.6. The highest BCUT2D eigenvalue weighted by Crippen LogP contribution is 2.46. The van der Waals surface area contributed by atoms with Crippen molar-refractivity contribution in [3.05, 3.63) is 48.2 Å². The molecule has 2 aromatic rings. The van der Waals surface area contributed by atoms with E-state index in [0.717, 1.165) is 18.2 Å². The minimum atomic E-state index is -3.90. The molecule has 2 aliphatic heterocycles. The van der Waals surface area contributed by atoms with Gasteiger partial charge in [-0.05, 0) is 77.8 Å². The molecule has 6 rings (SSSR count). The zero-order valence-corrected chi connectivity index (χ0v) is 29.3. The summed E-state index contributed by atoms with van der Waals surface area (Å²) in [5, 5.41) is 8.49. The predicted octanol–water partition coefficient (Wildman–Crippen LogP) is 3.03. The van der Waals surface area contributed by atoms with Crippen LogP contribution in [-0.2, 0) is 29.1 Å². The topological polar surface area (TPSA) is 193 Å². The molecule has 3 fully saturated rings. The molecular formula is C35H45N5O9S. The van der Waals surface area contributed by atoms with Crippen molar-refractivity contribution in [2.75, 3.05) is 6.54 Å². The van der Waals surface area contributed by atoms with Gasteiger partial charge in [0.1, 0.15) is 28.8 Å². The summed E-state index contributed by atoms with van der Waals surface area (Å²) in [7, 11) is -3.90. The van der Waals surface area contributed by atoms with Crippen molar-refractivity contribution >= 4 is 50.7 Å². The van der Waals surface area contributed by atoms with Crippen LogP contribution in [0.4, 0.5) is 4.79 Å². The number of carbonyl (C=O) groups excluding carboxylic acids is 5.